The van der Waals surface area contributed by atoms with E-state index < -0.39 is 0 Å². The summed E-state index contributed by atoms with van der Waals surface area (Å²) in [5, 5.41) is 7.34. The number of nitrogens with two attached hydrogens (primary N) is 1. The Labute approximate surface area is 267 Å². The van der Waals surface area contributed by atoms with Crippen LogP contribution in [0.2, 0.25) is 0 Å². The van der Waals surface area contributed by atoms with Gasteiger partial charge in [0.1, 0.15) is 5.75 Å². The van der Waals surface area contributed by atoms with Crippen molar-refractivity contribution in [3.63, 3.8) is 0 Å². The monoisotopic (exact) mass is 616 g/mol. The van der Waals surface area contributed by atoms with Gasteiger partial charge in [-0.3, -0.25) is 4.79 Å². The van der Waals surface area contributed by atoms with Gasteiger partial charge in [-0.05, 0) is 82.1 Å². The molecule has 0 bridgehead atoms. The van der Waals surface area contributed by atoms with Crippen LogP contribution in [-0.4, -0.2) is 68.1 Å². The van der Waals surface area contributed by atoms with Gasteiger partial charge in [0, 0.05) is 42.8 Å². The fourth-order valence-corrected chi connectivity index (χ4v) is 7.17. The van der Waals surface area contributed by atoms with Crippen LogP contribution in [0, 0.1) is 0 Å². The largest absolute Gasteiger partial charge is 0.494 e. The molecular weight excluding hydrogens is 564 g/mol. The normalized spacial score (nSPS) is 21.3. The maximum atomic E-state index is 13.3. The zero-order valence-corrected chi connectivity index (χ0v) is 27.1. The second-order valence-electron chi connectivity index (χ2n) is 13.4. The van der Waals surface area contributed by atoms with Crippen molar-refractivity contribution in [1.82, 2.24) is 24.4 Å². The van der Waals surface area contributed by atoms with Crippen molar-refractivity contribution in [2.45, 2.75) is 127 Å². The van der Waals surface area contributed by atoms with Crippen molar-refractivity contribution >= 4 is 28.8 Å². The van der Waals surface area contributed by atoms with Crippen molar-refractivity contribution in [2.24, 2.45) is 5.73 Å². The first-order chi connectivity index (χ1) is 22.1. The molecule has 0 radical (unpaired) electrons. The van der Waals surface area contributed by atoms with Crippen LogP contribution < -0.4 is 21.1 Å². The molecule has 4 N–H and O–H groups in total. The predicted octanol–water partition coefficient (Wildman–Crippen LogP) is 6.69. The molecule has 0 unspecified atom stereocenters. The number of fused-ring (bicyclic) bond motifs is 1. The minimum absolute atomic E-state index is 0.0815. The third-order valence-electron chi connectivity index (χ3n) is 9.99. The number of carbonyl (C=O) groups excluding carboxylic acids is 1. The molecular formula is C35H52N8O2. The molecule has 1 amide bonds. The Hall–Kier alpha value is -3.40. The highest BCUT2D eigenvalue weighted by Gasteiger charge is 2.27. The molecule has 244 valence electrons. The lowest BCUT2D eigenvalue weighted by Gasteiger charge is -2.33. The number of nitrogens with zero attached hydrogens (tertiary/aromatic N) is 5. The van der Waals surface area contributed by atoms with Crippen LogP contribution in [0.3, 0.4) is 0 Å². The standard InChI is InChI=1S/C35H52N8O2/c1-2-3-4-5-8-23-45-30-17-11-25(12-18-30)34(44)42-21-19-28(20-22-42)38-32-31-33(43(24-37-31)29-9-6-7-10-29)41-35(40-32)39-27-15-13-26(36)14-16-27/h11-12,17-18,24,26-29H,2-10,13-16,19-23,36H2,1H3,(H2,38,39,40,41)/t26-,27-. The van der Waals surface area contributed by atoms with Crippen LogP contribution in [0.4, 0.5) is 11.8 Å². The number of amides is 1. The van der Waals surface area contributed by atoms with E-state index in [0.717, 1.165) is 74.3 Å². The average Bonchev–Trinajstić information content (AvgIpc) is 3.75. The summed E-state index contributed by atoms with van der Waals surface area (Å²) >= 11 is 0. The molecule has 3 fully saturated rings. The minimum atomic E-state index is 0.0815. The van der Waals surface area contributed by atoms with E-state index in [1.165, 1.54) is 51.4 Å². The smallest absolute Gasteiger partial charge is 0.253 e. The summed E-state index contributed by atoms with van der Waals surface area (Å²) in [7, 11) is 0. The van der Waals surface area contributed by atoms with E-state index in [9.17, 15) is 4.79 Å². The summed E-state index contributed by atoms with van der Waals surface area (Å²) in [4.78, 5) is 30.0. The number of hydrogen-bond acceptors (Lipinski definition) is 8. The minimum Gasteiger partial charge on any atom is -0.494 e. The number of piperidine rings is 1. The first-order valence-corrected chi connectivity index (χ1v) is 17.6. The molecule has 2 aliphatic carbocycles. The molecule has 1 aliphatic heterocycles. The van der Waals surface area contributed by atoms with Crippen LogP contribution in [0.15, 0.2) is 30.6 Å². The van der Waals surface area contributed by atoms with Crippen molar-refractivity contribution in [2.75, 3.05) is 30.3 Å². The summed E-state index contributed by atoms with van der Waals surface area (Å²) < 4.78 is 8.16. The maximum Gasteiger partial charge on any atom is 0.253 e. The van der Waals surface area contributed by atoms with E-state index in [2.05, 4.69) is 22.1 Å². The van der Waals surface area contributed by atoms with Crippen molar-refractivity contribution in [3.8, 4) is 5.75 Å². The van der Waals surface area contributed by atoms with Gasteiger partial charge in [0.15, 0.2) is 17.0 Å². The Morgan fingerprint density at radius 1 is 0.889 bits per heavy atom. The first kappa shape index (κ1) is 31.6. The molecule has 6 rings (SSSR count). The number of ether oxygens (including phenoxy) is 1. The number of unbranched alkanes of at least 4 members (excludes halogenated alkanes) is 4. The van der Waals surface area contributed by atoms with E-state index in [1.807, 2.05) is 35.5 Å². The van der Waals surface area contributed by atoms with E-state index in [-0.39, 0.29) is 11.9 Å². The third-order valence-corrected chi connectivity index (χ3v) is 9.99. The first-order valence-electron chi connectivity index (χ1n) is 17.6. The lowest BCUT2D eigenvalue weighted by atomic mass is 9.92. The SMILES string of the molecule is CCCCCCCOc1ccc(C(=O)N2CCC(Nc3nc(N[C@H]4CC[C@H](N)CC4)nc4c3ncn4C3CCCC3)CC2)cc1. The van der Waals surface area contributed by atoms with Crippen LogP contribution >= 0.6 is 0 Å². The number of aromatic nitrogens is 4. The fourth-order valence-electron chi connectivity index (χ4n) is 7.17. The molecule has 45 heavy (non-hydrogen) atoms. The number of hydrogen-bond donors (Lipinski definition) is 3. The zero-order valence-electron chi connectivity index (χ0n) is 27.1. The predicted molar refractivity (Wildman–Crippen MR) is 180 cm³/mol. The van der Waals surface area contributed by atoms with Gasteiger partial charge in [-0.1, -0.05) is 45.4 Å². The number of anilines is 2. The highest BCUT2D eigenvalue weighted by atomic mass is 16.5. The van der Waals surface area contributed by atoms with Crippen LogP contribution in [0.5, 0.6) is 5.75 Å². The number of nitrogens with one attached hydrogen (secondary N) is 2. The molecule has 1 saturated heterocycles. The molecule has 10 heteroatoms. The Morgan fingerprint density at radius 2 is 1.60 bits per heavy atom. The van der Waals surface area contributed by atoms with Gasteiger partial charge in [0.2, 0.25) is 5.95 Å². The molecule has 0 spiro atoms. The molecule has 2 aromatic heterocycles. The van der Waals surface area contributed by atoms with Gasteiger partial charge < -0.3 is 30.6 Å². The third kappa shape index (κ3) is 8.07. The summed E-state index contributed by atoms with van der Waals surface area (Å²) in [5.74, 6) is 2.37. The molecule has 1 aromatic carbocycles. The molecule has 10 nitrogen and oxygen atoms in total. The van der Waals surface area contributed by atoms with E-state index in [4.69, 9.17) is 25.4 Å². The van der Waals surface area contributed by atoms with Crippen molar-refractivity contribution in [3.05, 3.63) is 36.2 Å². The van der Waals surface area contributed by atoms with Gasteiger partial charge in [-0.15, -0.1) is 0 Å². The number of benzene rings is 1. The second-order valence-corrected chi connectivity index (χ2v) is 13.4. The quantitative estimate of drug-likeness (QED) is 0.182. The lowest BCUT2D eigenvalue weighted by molar-refractivity contribution is 0.0718. The van der Waals surface area contributed by atoms with Gasteiger partial charge in [0.05, 0.1) is 12.9 Å². The van der Waals surface area contributed by atoms with Gasteiger partial charge in [-0.25, -0.2) is 4.98 Å². The molecule has 3 aliphatic rings. The molecule has 0 atom stereocenters. The number of likely N-dealkylation sites (tertiary alicyclic amines) is 1. The highest BCUT2D eigenvalue weighted by molar-refractivity contribution is 5.94. The lowest BCUT2D eigenvalue weighted by Crippen LogP contribution is -2.42. The Bertz CT molecular complexity index is 1370. The fraction of sp³-hybridized carbons (Fsp3) is 0.657. The van der Waals surface area contributed by atoms with E-state index >= 15 is 0 Å². The van der Waals surface area contributed by atoms with E-state index in [0.29, 0.717) is 42.7 Å². The van der Waals surface area contributed by atoms with Gasteiger partial charge in [0.25, 0.3) is 5.91 Å². The topological polar surface area (TPSA) is 123 Å². The summed E-state index contributed by atoms with van der Waals surface area (Å²) in [6.45, 7) is 4.35. The number of carbonyl (C=O) groups is 1. The van der Waals surface area contributed by atoms with Crippen LogP contribution in [0.25, 0.3) is 11.2 Å². The van der Waals surface area contributed by atoms with E-state index in [1.54, 1.807) is 0 Å². The van der Waals surface area contributed by atoms with Crippen molar-refractivity contribution < 1.29 is 9.53 Å². The summed E-state index contributed by atoms with van der Waals surface area (Å²) in [6, 6.07) is 8.92. The summed E-state index contributed by atoms with van der Waals surface area (Å²) in [6.07, 6.45) is 18.7. The highest BCUT2D eigenvalue weighted by Crippen LogP contribution is 2.34. The Morgan fingerprint density at radius 3 is 2.33 bits per heavy atom. The number of imidazole rings is 1. The van der Waals surface area contributed by atoms with Crippen LogP contribution in [0.1, 0.15) is 120 Å². The summed E-state index contributed by atoms with van der Waals surface area (Å²) in [5.41, 5.74) is 8.61. The molecule has 3 aromatic rings. The Kier molecular flexibility index (Phi) is 10.7. The maximum absolute atomic E-state index is 13.3. The van der Waals surface area contributed by atoms with Gasteiger partial charge in [-0.2, -0.15) is 9.97 Å². The van der Waals surface area contributed by atoms with Crippen molar-refractivity contribution in [1.29, 1.82) is 0 Å². The number of rotatable bonds is 13. The molecule has 2 saturated carbocycles. The average molecular weight is 617 g/mol. The molecule has 3 heterocycles. The second kappa shape index (κ2) is 15.3. The zero-order chi connectivity index (χ0) is 31.0. The van der Waals surface area contributed by atoms with Crippen LogP contribution in [-0.2, 0) is 0 Å². The Balaban J connectivity index is 1.06. The van der Waals surface area contributed by atoms with Gasteiger partial charge >= 0.3 is 0 Å².